The number of hydrogen-bond donors (Lipinski definition) is 1. The van der Waals surface area contributed by atoms with Crippen molar-refractivity contribution >= 4 is 27.6 Å². The Hall–Kier alpha value is -0.560. The molecule has 0 unspecified atom stereocenters. The van der Waals surface area contributed by atoms with Crippen molar-refractivity contribution in [1.82, 2.24) is 0 Å². The molecule has 0 amide bonds. The van der Waals surface area contributed by atoms with Gasteiger partial charge in [-0.15, -0.1) is 0 Å². The van der Waals surface area contributed by atoms with E-state index in [4.69, 9.17) is 15.4 Å². The summed E-state index contributed by atoms with van der Waals surface area (Å²) in [6.45, 7) is 3.42. The average Bonchev–Trinajstić information content (AvgIpc) is 2.22. The maximum Gasteiger partial charge on any atom is 0.317 e. The Morgan fingerprint density at radius 1 is 1.50 bits per heavy atom. The van der Waals surface area contributed by atoms with Gasteiger partial charge in [-0.1, -0.05) is 26.7 Å². The van der Waals surface area contributed by atoms with E-state index in [1.54, 1.807) is 0 Å². The molecule has 92 valence electrons. The molecule has 0 aromatic carbocycles. The fraction of sp³-hybridized carbons (Fsp3) is 0.875. The summed E-state index contributed by atoms with van der Waals surface area (Å²) in [4.78, 5) is 14.0. The first-order valence-electron chi connectivity index (χ1n) is 4.63. The van der Waals surface area contributed by atoms with Gasteiger partial charge in [0.2, 0.25) is 0 Å². The molecule has 8 heteroatoms. The number of esters is 1. The first kappa shape index (κ1) is 15.4. The third-order valence-corrected chi connectivity index (χ3v) is 3.80. The second kappa shape index (κ2) is 8.58. The van der Waals surface area contributed by atoms with Gasteiger partial charge in [0.05, 0.1) is 6.61 Å². The maximum atomic E-state index is 11.4. The van der Waals surface area contributed by atoms with Crippen molar-refractivity contribution in [2.75, 3.05) is 24.7 Å². The van der Waals surface area contributed by atoms with Gasteiger partial charge < -0.3 is 9.84 Å². The lowest BCUT2D eigenvalue weighted by Crippen LogP contribution is -2.31. The predicted molar refractivity (Wildman–Crippen MR) is 66.2 cm³/mol. The van der Waals surface area contributed by atoms with Crippen LogP contribution in [0, 0.1) is 0 Å². The van der Waals surface area contributed by atoms with Crippen molar-refractivity contribution in [2.24, 2.45) is 5.11 Å². The SMILES string of the molecule is CC(C)(N=[N+]=[N-])C(=O)OCCSSCCO. The maximum absolute atomic E-state index is 11.4. The summed E-state index contributed by atoms with van der Waals surface area (Å²) >= 11 is 0. The zero-order chi connectivity index (χ0) is 12.4. The lowest BCUT2D eigenvalue weighted by Gasteiger charge is -2.15. The molecule has 0 atom stereocenters. The topological polar surface area (TPSA) is 95.3 Å². The molecule has 0 rings (SSSR count). The summed E-state index contributed by atoms with van der Waals surface area (Å²) in [5.41, 5.74) is 7.08. The highest BCUT2D eigenvalue weighted by atomic mass is 33.1. The highest BCUT2D eigenvalue weighted by molar-refractivity contribution is 8.76. The Labute approximate surface area is 102 Å². The van der Waals surface area contributed by atoms with Gasteiger partial charge in [-0.3, -0.25) is 4.79 Å². The molecule has 0 bridgehead atoms. The number of hydrogen-bond acceptors (Lipinski definition) is 6. The van der Waals surface area contributed by atoms with E-state index >= 15 is 0 Å². The molecule has 6 nitrogen and oxygen atoms in total. The summed E-state index contributed by atoms with van der Waals surface area (Å²) in [5, 5.41) is 11.9. The van der Waals surface area contributed by atoms with Crippen LogP contribution in [0.5, 0.6) is 0 Å². The third kappa shape index (κ3) is 6.84. The van der Waals surface area contributed by atoms with Gasteiger partial charge in [0, 0.05) is 16.4 Å². The largest absolute Gasteiger partial charge is 0.464 e. The summed E-state index contributed by atoms with van der Waals surface area (Å²) < 4.78 is 4.94. The number of azide groups is 1. The van der Waals surface area contributed by atoms with Gasteiger partial charge in [0.15, 0.2) is 0 Å². The van der Waals surface area contributed by atoms with Gasteiger partial charge in [-0.25, -0.2) is 0 Å². The Morgan fingerprint density at radius 2 is 2.12 bits per heavy atom. The Kier molecular flexibility index (Phi) is 8.28. The average molecular weight is 265 g/mol. The molecule has 0 spiro atoms. The minimum atomic E-state index is -1.16. The van der Waals surface area contributed by atoms with Gasteiger partial charge in [-0.2, -0.15) is 0 Å². The quantitative estimate of drug-likeness (QED) is 0.181. The standard InChI is InChI=1S/C8H15N3O3S2/c1-8(2,10-11-9)7(13)14-4-6-16-15-5-3-12/h12H,3-6H2,1-2H3. The van der Waals surface area contributed by atoms with Crippen LogP contribution in [0.15, 0.2) is 5.11 Å². The van der Waals surface area contributed by atoms with Gasteiger partial charge in [-0.05, 0) is 19.4 Å². The van der Waals surface area contributed by atoms with E-state index in [1.165, 1.54) is 35.4 Å². The molecule has 0 aromatic heterocycles. The molecule has 0 fully saturated rings. The molecule has 0 saturated heterocycles. The number of aliphatic hydroxyl groups is 1. The first-order valence-corrected chi connectivity index (χ1v) is 7.12. The molecule has 0 radical (unpaired) electrons. The van der Waals surface area contributed by atoms with Crippen LogP contribution in [0.2, 0.25) is 0 Å². The zero-order valence-electron chi connectivity index (χ0n) is 9.25. The van der Waals surface area contributed by atoms with E-state index in [0.29, 0.717) is 11.5 Å². The van der Waals surface area contributed by atoms with Crippen molar-refractivity contribution in [1.29, 1.82) is 0 Å². The van der Waals surface area contributed by atoms with Crippen LogP contribution in [-0.4, -0.2) is 41.3 Å². The smallest absolute Gasteiger partial charge is 0.317 e. The molecular formula is C8H15N3O3S2. The van der Waals surface area contributed by atoms with Crippen molar-refractivity contribution in [2.45, 2.75) is 19.4 Å². The molecule has 0 aromatic rings. The van der Waals surface area contributed by atoms with E-state index < -0.39 is 11.5 Å². The second-order valence-electron chi connectivity index (χ2n) is 3.25. The predicted octanol–water partition coefficient (Wildman–Crippen LogP) is 1.99. The van der Waals surface area contributed by atoms with Crippen LogP contribution in [-0.2, 0) is 9.53 Å². The van der Waals surface area contributed by atoms with Gasteiger partial charge in [0.1, 0.15) is 12.1 Å². The van der Waals surface area contributed by atoms with E-state index in [0.717, 1.165) is 0 Å². The van der Waals surface area contributed by atoms with Crippen LogP contribution < -0.4 is 0 Å². The number of carbonyl (C=O) groups excluding carboxylic acids is 1. The molecule has 0 aliphatic carbocycles. The van der Waals surface area contributed by atoms with Crippen molar-refractivity contribution in [3.63, 3.8) is 0 Å². The molecule has 0 heterocycles. The highest BCUT2D eigenvalue weighted by Crippen LogP contribution is 2.20. The van der Waals surface area contributed by atoms with Crippen LogP contribution in [0.1, 0.15) is 13.8 Å². The van der Waals surface area contributed by atoms with Crippen LogP contribution in [0.25, 0.3) is 10.4 Å². The lowest BCUT2D eigenvalue weighted by molar-refractivity contribution is -0.148. The van der Waals surface area contributed by atoms with Gasteiger partial charge in [0.25, 0.3) is 0 Å². The number of ether oxygens (including phenoxy) is 1. The fourth-order valence-electron chi connectivity index (χ4n) is 0.653. The van der Waals surface area contributed by atoms with E-state index in [-0.39, 0.29) is 13.2 Å². The molecule has 0 aliphatic rings. The van der Waals surface area contributed by atoms with E-state index in [2.05, 4.69) is 10.0 Å². The summed E-state index contributed by atoms with van der Waals surface area (Å²) in [6, 6.07) is 0. The fourth-order valence-corrected chi connectivity index (χ4v) is 2.25. The van der Waals surface area contributed by atoms with Crippen LogP contribution in [0.3, 0.4) is 0 Å². The molecule has 0 aliphatic heterocycles. The number of aliphatic hydroxyl groups excluding tert-OH is 1. The Bertz CT molecular complexity index is 267. The summed E-state index contributed by atoms with van der Waals surface area (Å²) in [5.74, 6) is 0.768. The monoisotopic (exact) mass is 265 g/mol. The second-order valence-corrected chi connectivity index (χ2v) is 5.95. The van der Waals surface area contributed by atoms with Gasteiger partial charge >= 0.3 is 5.97 Å². The lowest BCUT2D eigenvalue weighted by atomic mass is 10.1. The molecule has 1 N–H and O–H groups in total. The van der Waals surface area contributed by atoms with Crippen LogP contribution >= 0.6 is 21.6 Å². The Morgan fingerprint density at radius 3 is 2.69 bits per heavy atom. The van der Waals surface area contributed by atoms with E-state index in [9.17, 15) is 4.79 Å². The normalized spacial score (nSPS) is 10.7. The van der Waals surface area contributed by atoms with Crippen molar-refractivity contribution in [3.05, 3.63) is 10.4 Å². The summed E-state index contributed by atoms with van der Waals surface area (Å²) in [7, 11) is 3.04. The number of nitrogens with zero attached hydrogens (tertiary/aromatic N) is 3. The molecular weight excluding hydrogens is 250 g/mol. The van der Waals surface area contributed by atoms with Crippen molar-refractivity contribution in [3.8, 4) is 0 Å². The summed E-state index contributed by atoms with van der Waals surface area (Å²) in [6.07, 6.45) is 0. The molecule has 0 saturated carbocycles. The molecule has 16 heavy (non-hydrogen) atoms. The Balaban J connectivity index is 3.69. The first-order chi connectivity index (χ1) is 7.54. The minimum Gasteiger partial charge on any atom is -0.464 e. The minimum absolute atomic E-state index is 0.140. The van der Waals surface area contributed by atoms with Crippen LogP contribution in [0.4, 0.5) is 0 Å². The zero-order valence-corrected chi connectivity index (χ0v) is 10.9. The third-order valence-electron chi connectivity index (χ3n) is 1.45. The number of rotatable bonds is 8. The van der Waals surface area contributed by atoms with E-state index in [1.807, 2.05) is 0 Å². The number of carbonyl (C=O) groups is 1. The van der Waals surface area contributed by atoms with Crippen molar-refractivity contribution < 1.29 is 14.6 Å². The highest BCUT2D eigenvalue weighted by Gasteiger charge is 2.27.